The quantitative estimate of drug-likeness (QED) is 0.709. The lowest BCUT2D eigenvalue weighted by molar-refractivity contribution is -0.167. The maximum atomic E-state index is 11.9. The van der Waals surface area contributed by atoms with Crippen LogP contribution in [0, 0.1) is 6.92 Å². The van der Waals surface area contributed by atoms with Crippen LogP contribution < -0.4 is 11.1 Å². The van der Waals surface area contributed by atoms with Gasteiger partial charge in [0.2, 0.25) is 0 Å². The molecule has 0 bridgehead atoms. The van der Waals surface area contributed by atoms with E-state index in [1.807, 2.05) is 0 Å². The van der Waals surface area contributed by atoms with Crippen LogP contribution in [0.5, 0.6) is 0 Å². The number of alkyl halides is 3. The fourth-order valence-electron chi connectivity index (χ4n) is 1.09. The van der Waals surface area contributed by atoms with Crippen LogP contribution in [-0.4, -0.2) is 12.1 Å². The largest absolute Gasteiger partial charge is 0.471 e. The summed E-state index contributed by atoms with van der Waals surface area (Å²) in [4.78, 5) is 10.6. The zero-order valence-corrected chi connectivity index (χ0v) is 7.85. The number of nitrogens with one attached hydrogen (secondary N) is 1. The molecule has 0 atom stereocenters. The molecule has 0 saturated heterocycles. The van der Waals surface area contributed by atoms with Crippen molar-refractivity contribution < 1.29 is 18.0 Å². The molecule has 0 radical (unpaired) electrons. The van der Waals surface area contributed by atoms with Crippen molar-refractivity contribution in [2.75, 3.05) is 11.1 Å². The predicted molar refractivity (Wildman–Crippen MR) is 50.3 cm³/mol. The van der Waals surface area contributed by atoms with Crippen LogP contribution in [0.1, 0.15) is 5.56 Å². The molecule has 0 aliphatic carbocycles. The van der Waals surface area contributed by atoms with Crippen LogP contribution >= 0.6 is 0 Å². The van der Waals surface area contributed by atoms with Gasteiger partial charge >= 0.3 is 12.1 Å². The summed E-state index contributed by atoms with van der Waals surface area (Å²) >= 11 is 0. The summed E-state index contributed by atoms with van der Waals surface area (Å²) < 4.78 is 35.7. The molecule has 6 heteroatoms. The molecule has 0 heterocycles. The van der Waals surface area contributed by atoms with Gasteiger partial charge in [0, 0.05) is 11.4 Å². The van der Waals surface area contributed by atoms with E-state index in [9.17, 15) is 18.0 Å². The Hall–Kier alpha value is -1.72. The average Bonchev–Trinajstić information content (AvgIpc) is 1.99. The first-order valence-electron chi connectivity index (χ1n) is 4.04. The van der Waals surface area contributed by atoms with Crippen molar-refractivity contribution in [2.24, 2.45) is 0 Å². The Morgan fingerprint density at radius 3 is 2.40 bits per heavy atom. The normalized spacial score (nSPS) is 11.2. The van der Waals surface area contributed by atoms with Crippen molar-refractivity contribution in [2.45, 2.75) is 13.1 Å². The van der Waals surface area contributed by atoms with Crippen molar-refractivity contribution in [1.82, 2.24) is 0 Å². The van der Waals surface area contributed by atoms with Crippen LogP contribution in [0.3, 0.4) is 0 Å². The third-order valence-corrected chi connectivity index (χ3v) is 1.62. The topological polar surface area (TPSA) is 55.1 Å². The van der Waals surface area contributed by atoms with E-state index in [0.29, 0.717) is 11.3 Å². The van der Waals surface area contributed by atoms with Crippen LogP contribution in [0.4, 0.5) is 24.5 Å². The van der Waals surface area contributed by atoms with Gasteiger partial charge in [-0.3, -0.25) is 4.79 Å². The van der Waals surface area contributed by atoms with Crippen molar-refractivity contribution in [3.8, 4) is 0 Å². The minimum absolute atomic E-state index is 0.0369. The molecule has 3 N–H and O–H groups in total. The molecular weight excluding hydrogens is 209 g/mol. The highest BCUT2D eigenvalue weighted by molar-refractivity contribution is 5.95. The molecule has 82 valence electrons. The molecule has 0 spiro atoms. The van der Waals surface area contributed by atoms with Gasteiger partial charge in [-0.2, -0.15) is 13.2 Å². The number of halogens is 3. The van der Waals surface area contributed by atoms with E-state index in [1.54, 1.807) is 18.3 Å². The number of aryl methyl sites for hydroxylation is 1. The summed E-state index contributed by atoms with van der Waals surface area (Å²) in [6.07, 6.45) is -4.89. The van der Waals surface area contributed by atoms with Gasteiger partial charge in [0.1, 0.15) is 0 Å². The van der Waals surface area contributed by atoms with E-state index in [0.717, 1.165) is 0 Å². The second-order valence-electron chi connectivity index (χ2n) is 3.08. The fraction of sp³-hybridized carbons (Fsp3) is 0.222. The lowest BCUT2D eigenvalue weighted by Gasteiger charge is -2.09. The second kappa shape index (κ2) is 3.80. The van der Waals surface area contributed by atoms with Crippen molar-refractivity contribution in [3.63, 3.8) is 0 Å². The summed E-state index contributed by atoms with van der Waals surface area (Å²) in [5, 5.41) is 1.72. The summed E-state index contributed by atoms with van der Waals surface area (Å²) in [6.45, 7) is 1.67. The Balaban J connectivity index is 2.86. The SMILES string of the molecule is Cc1cc(N)cc(NC(=O)C(F)(F)F)c1. The first kappa shape index (κ1) is 11.4. The fourth-order valence-corrected chi connectivity index (χ4v) is 1.09. The number of hydrogen-bond acceptors (Lipinski definition) is 2. The molecule has 15 heavy (non-hydrogen) atoms. The molecule has 0 aliphatic rings. The van der Waals surface area contributed by atoms with E-state index < -0.39 is 12.1 Å². The molecule has 1 rings (SSSR count). The molecule has 0 unspecified atom stereocenters. The lowest BCUT2D eigenvalue weighted by Crippen LogP contribution is -2.29. The van der Waals surface area contributed by atoms with E-state index in [-0.39, 0.29) is 5.69 Å². The Morgan fingerprint density at radius 1 is 1.33 bits per heavy atom. The van der Waals surface area contributed by atoms with E-state index in [1.165, 1.54) is 12.1 Å². The molecular formula is C9H9F3N2O. The monoisotopic (exact) mass is 218 g/mol. The highest BCUT2D eigenvalue weighted by Crippen LogP contribution is 2.20. The van der Waals surface area contributed by atoms with Gasteiger partial charge in [-0.1, -0.05) is 0 Å². The minimum atomic E-state index is -4.89. The lowest BCUT2D eigenvalue weighted by atomic mass is 10.2. The standard InChI is InChI=1S/C9H9F3N2O/c1-5-2-6(13)4-7(3-5)14-8(15)9(10,11)12/h2-4H,13H2,1H3,(H,14,15). The average molecular weight is 218 g/mol. The van der Waals surface area contributed by atoms with Crippen molar-refractivity contribution >= 4 is 17.3 Å². The van der Waals surface area contributed by atoms with Crippen molar-refractivity contribution in [3.05, 3.63) is 23.8 Å². The van der Waals surface area contributed by atoms with Gasteiger partial charge < -0.3 is 11.1 Å². The molecule has 0 aromatic heterocycles. The number of amides is 1. The number of anilines is 2. The number of nitrogen functional groups attached to an aromatic ring is 1. The molecule has 3 nitrogen and oxygen atoms in total. The third-order valence-electron chi connectivity index (χ3n) is 1.62. The summed E-state index contributed by atoms with van der Waals surface area (Å²) in [5.74, 6) is -2.01. The summed E-state index contributed by atoms with van der Waals surface area (Å²) in [5.41, 5.74) is 6.42. The zero-order chi connectivity index (χ0) is 11.6. The van der Waals surface area contributed by atoms with Gasteiger partial charge in [-0.15, -0.1) is 0 Å². The second-order valence-corrected chi connectivity index (χ2v) is 3.08. The highest BCUT2D eigenvalue weighted by Gasteiger charge is 2.38. The Morgan fingerprint density at radius 2 is 1.93 bits per heavy atom. The number of carbonyl (C=O) groups excluding carboxylic acids is 1. The molecule has 0 aliphatic heterocycles. The summed E-state index contributed by atoms with van der Waals surface area (Å²) in [7, 11) is 0. The first-order chi connectivity index (χ1) is 6.79. The van der Waals surface area contributed by atoms with Gasteiger partial charge in [0.05, 0.1) is 0 Å². The zero-order valence-electron chi connectivity index (χ0n) is 7.85. The van der Waals surface area contributed by atoms with Gasteiger partial charge in [-0.25, -0.2) is 0 Å². The Labute approximate surface area is 84.1 Å². The van der Waals surface area contributed by atoms with Crippen LogP contribution in [0.2, 0.25) is 0 Å². The predicted octanol–water partition coefficient (Wildman–Crippen LogP) is 2.08. The molecule has 1 aromatic rings. The number of carbonyl (C=O) groups is 1. The smallest absolute Gasteiger partial charge is 0.399 e. The minimum Gasteiger partial charge on any atom is -0.399 e. The summed E-state index contributed by atoms with van der Waals surface area (Å²) in [6, 6.07) is 4.25. The van der Waals surface area contributed by atoms with Gasteiger partial charge in [-0.05, 0) is 30.7 Å². The van der Waals surface area contributed by atoms with E-state index in [4.69, 9.17) is 5.73 Å². The highest BCUT2D eigenvalue weighted by atomic mass is 19.4. The Kier molecular flexibility index (Phi) is 2.88. The number of hydrogen-bond donors (Lipinski definition) is 2. The maximum Gasteiger partial charge on any atom is 0.471 e. The van der Waals surface area contributed by atoms with E-state index in [2.05, 4.69) is 0 Å². The Bertz CT molecular complexity index is 367. The maximum absolute atomic E-state index is 11.9. The van der Waals surface area contributed by atoms with Crippen LogP contribution in [0.15, 0.2) is 18.2 Å². The molecule has 1 amide bonds. The molecule has 1 aromatic carbocycles. The molecule has 0 saturated carbocycles. The molecule has 0 fully saturated rings. The number of benzene rings is 1. The first-order valence-corrected chi connectivity index (χ1v) is 4.04. The van der Waals surface area contributed by atoms with Gasteiger partial charge in [0.25, 0.3) is 0 Å². The van der Waals surface area contributed by atoms with Crippen LogP contribution in [0.25, 0.3) is 0 Å². The number of rotatable bonds is 1. The van der Waals surface area contributed by atoms with E-state index >= 15 is 0 Å². The number of nitrogens with two attached hydrogens (primary N) is 1. The van der Waals surface area contributed by atoms with Crippen molar-refractivity contribution in [1.29, 1.82) is 0 Å². The van der Waals surface area contributed by atoms with Gasteiger partial charge in [0.15, 0.2) is 0 Å². The third kappa shape index (κ3) is 3.16. The van der Waals surface area contributed by atoms with Crippen LogP contribution in [-0.2, 0) is 4.79 Å².